The molecule has 16 heavy (non-hydrogen) atoms. The van der Waals surface area contributed by atoms with E-state index >= 15 is 0 Å². The standard InChI is InChI=1S/C12H25NO3/c1-10(6-12(2,9-14)13-3)16-8-11-4-5-15-7-11/h10-11,13-14H,4-9H2,1-3H3. The number of hydrogen-bond acceptors (Lipinski definition) is 4. The molecule has 1 aliphatic rings. The molecule has 0 aromatic heterocycles. The quantitative estimate of drug-likeness (QED) is 0.680. The highest BCUT2D eigenvalue weighted by molar-refractivity contribution is 4.83. The Morgan fingerprint density at radius 1 is 1.62 bits per heavy atom. The van der Waals surface area contributed by atoms with E-state index in [-0.39, 0.29) is 18.2 Å². The minimum atomic E-state index is -0.244. The molecule has 0 bridgehead atoms. The van der Waals surface area contributed by atoms with Crippen LogP contribution in [0.4, 0.5) is 0 Å². The summed E-state index contributed by atoms with van der Waals surface area (Å²) in [5.74, 6) is 0.553. The molecule has 3 atom stereocenters. The van der Waals surface area contributed by atoms with Gasteiger partial charge in [-0.3, -0.25) is 0 Å². The van der Waals surface area contributed by atoms with Gasteiger partial charge < -0.3 is 19.9 Å². The molecule has 3 unspecified atom stereocenters. The van der Waals surface area contributed by atoms with Crippen molar-refractivity contribution in [1.82, 2.24) is 5.32 Å². The number of likely N-dealkylation sites (N-methyl/N-ethyl adjacent to an activating group) is 1. The van der Waals surface area contributed by atoms with E-state index in [9.17, 15) is 5.11 Å². The smallest absolute Gasteiger partial charge is 0.0611 e. The Bertz CT molecular complexity index is 189. The van der Waals surface area contributed by atoms with Gasteiger partial charge in [-0.05, 0) is 33.7 Å². The molecule has 96 valence electrons. The minimum Gasteiger partial charge on any atom is -0.394 e. The summed E-state index contributed by atoms with van der Waals surface area (Å²) in [4.78, 5) is 0. The van der Waals surface area contributed by atoms with Crippen molar-refractivity contribution in [2.45, 2.75) is 38.3 Å². The van der Waals surface area contributed by atoms with Gasteiger partial charge in [0.2, 0.25) is 0 Å². The SMILES string of the molecule is CNC(C)(CO)CC(C)OCC1CCOC1. The van der Waals surface area contributed by atoms with Crippen molar-refractivity contribution < 1.29 is 14.6 Å². The number of hydrogen-bond donors (Lipinski definition) is 2. The van der Waals surface area contributed by atoms with Crippen LogP contribution in [0.1, 0.15) is 26.7 Å². The molecule has 0 aliphatic carbocycles. The van der Waals surface area contributed by atoms with E-state index in [0.717, 1.165) is 32.7 Å². The third-order valence-electron chi connectivity index (χ3n) is 3.33. The fourth-order valence-electron chi connectivity index (χ4n) is 1.95. The third kappa shape index (κ3) is 4.37. The summed E-state index contributed by atoms with van der Waals surface area (Å²) in [6.45, 7) is 6.66. The van der Waals surface area contributed by atoms with Gasteiger partial charge in [-0.15, -0.1) is 0 Å². The summed E-state index contributed by atoms with van der Waals surface area (Å²) in [6.07, 6.45) is 2.08. The lowest BCUT2D eigenvalue weighted by molar-refractivity contribution is 0.00967. The van der Waals surface area contributed by atoms with E-state index in [1.165, 1.54) is 0 Å². The van der Waals surface area contributed by atoms with Crippen LogP contribution in [-0.4, -0.2) is 50.2 Å². The molecule has 0 aromatic carbocycles. The van der Waals surface area contributed by atoms with Gasteiger partial charge in [0.15, 0.2) is 0 Å². The van der Waals surface area contributed by atoms with Crippen LogP contribution < -0.4 is 5.32 Å². The summed E-state index contributed by atoms with van der Waals surface area (Å²) in [5, 5.41) is 12.4. The van der Waals surface area contributed by atoms with Crippen LogP contribution in [0.2, 0.25) is 0 Å². The molecule has 1 rings (SSSR count). The molecule has 4 nitrogen and oxygen atoms in total. The second-order valence-electron chi connectivity index (χ2n) is 5.05. The van der Waals surface area contributed by atoms with E-state index in [0.29, 0.717) is 5.92 Å². The van der Waals surface area contributed by atoms with Gasteiger partial charge in [0.05, 0.1) is 25.9 Å². The van der Waals surface area contributed by atoms with Crippen molar-refractivity contribution in [3.63, 3.8) is 0 Å². The maximum absolute atomic E-state index is 9.28. The molecule has 2 N–H and O–H groups in total. The van der Waals surface area contributed by atoms with Crippen LogP contribution in [-0.2, 0) is 9.47 Å². The zero-order chi connectivity index (χ0) is 12.0. The molecule has 0 spiro atoms. The fraction of sp³-hybridized carbons (Fsp3) is 1.00. The second kappa shape index (κ2) is 6.55. The molecule has 0 radical (unpaired) electrons. The molecular weight excluding hydrogens is 206 g/mol. The number of rotatable bonds is 7. The molecule has 0 amide bonds. The molecular formula is C12H25NO3. The largest absolute Gasteiger partial charge is 0.394 e. The molecule has 1 fully saturated rings. The molecule has 0 saturated carbocycles. The van der Waals surface area contributed by atoms with E-state index in [1.807, 2.05) is 14.0 Å². The highest BCUT2D eigenvalue weighted by Crippen LogP contribution is 2.17. The van der Waals surface area contributed by atoms with Gasteiger partial charge >= 0.3 is 0 Å². The Balaban J connectivity index is 2.21. The van der Waals surface area contributed by atoms with Crippen molar-refractivity contribution in [3.8, 4) is 0 Å². The molecule has 1 heterocycles. The van der Waals surface area contributed by atoms with Gasteiger partial charge in [-0.1, -0.05) is 0 Å². The summed E-state index contributed by atoms with van der Waals surface area (Å²) < 4.78 is 11.1. The number of aliphatic hydroxyl groups excluding tert-OH is 1. The predicted octanol–water partition coefficient (Wildman–Crippen LogP) is 0.788. The Hall–Kier alpha value is -0.160. The first-order valence-electron chi connectivity index (χ1n) is 6.09. The van der Waals surface area contributed by atoms with Crippen LogP contribution in [0, 0.1) is 5.92 Å². The molecule has 4 heteroatoms. The van der Waals surface area contributed by atoms with Crippen molar-refractivity contribution in [1.29, 1.82) is 0 Å². The number of ether oxygens (including phenoxy) is 2. The van der Waals surface area contributed by atoms with Gasteiger partial charge in [0, 0.05) is 18.1 Å². The first-order valence-corrected chi connectivity index (χ1v) is 6.09. The predicted molar refractivity (Wildman–Crippen MR) is 63.5 cm³/mol. The highest BCUT2D eigenvalue weighted by Gasteiger charge is 2.25. The minimum absolute atomic E-state index is 0.129. The van der Waals surface area contributed by atoms with E-state index in [1.54, 1.807) is 0 Å². The number of aliphatic hydroxyl groups is 1. The van der Waals surface area contributed by atoms with Crippen molar-refractivity contribution in [2.24, 2.45) is 5.92 Å². The van der Waals surface area contributed by atoms with E-state index < -0.39 is 0 Å². The van der Waals surface area contributed by atoms with E-state index in [4.69, 9.17) is 9.47 Å². The zero-order valence-electron chi connectivity index (χ0n) is 10.7. The Labute approximate surface area is 98.3 Å². The second-order valence-corrected chi connectivity index (χ2v) is 5.05. The zero-order valence-corrected chi connectivity index (χ0v) is 10.7. The average molecular weight is 231 g/mol. The molecule has 0 aromatic rings. The first kappa shape index (κ1) is 13.9. The highest BCUT2D eigenvalue weighted by atomic mass is 16.5. The molecule has 1 saturated heterocycles. The van der Waals surface area contributed by atoms with E-state index in [2.05, 4.69) is 12.2 Å². The maximum atomic E-state index is 9.28. The summed E-state index contributed by atoms with van der Waals surface area (Å²) in [6, 6.07) is 0. The summed E-state index contributed by atoms with van der Waals surface area (Å²) >= 11 is 0. The summed E-state index contributed by atoms with van der Waals surface area (Å²) in [5.41, 5.74) is -0.244. The van der Waals surface area contributed by atoms with Crippen molar-refractivity contribution >= 4 is 0 Å². The number of nitrogens with one attached hydrogen (secondary N) is 1. The lowest BCUT2D eigenvalue weighted by Gasteiger charge is -2.30. The normalized spacial score (nSPS) is 26.6. The van der Waals surface area contributed by atoms with Gasteiger partial charge in [-0.25, -0.2) is 0 Å². The summed E-state index contributed by atoms with van der Waals surface area (Å²) in [7, 11) is 1.87. The fourth-order valence-corrected chi connectivity index (χ4v) is 1.95. The van der Waals surface area contributed by atoms with Gasteiger partial charge in [0.1, 0.15) is 0 Å². The van der Waals surface area contributed by atoms with Crippen molar-refractivity contribution in [3.05, 3.63) is 0 Å². The Morgan fingerprint density at radius 3 is 2.88 bits per heavy atom. The van der Waals surface area contributed by atoms with Crippen molar-refractivity contribution in [2.75, 3.05) is 33.5 Å². The third-order valence-corrected chi connectivity index (χ3v) is 3.33. The monoisotopic (exact) mass is 231 g/mol. The Kier molecular flexibility index (Phi) is 5.69. The van der Waals surface area contributed by atoms with Crippen LogP contribution in [0.25, 0.3) is 0 Å². The lowest BCUT2D eigenvalue weighted by Crippen LogP contribution is -2.46. The topological polar surface area (TPSA) is 50.7 Å². The van der Waals surface area contributed by atoms with Gasteiger partial charge in [0.25, 0.3) is 0 Å². The average Bonchev–Trinajstić information content (AvgIpc) is 2.79. The lowest BCUT2D eigenvalue weighted by atomic mass is 9.96. The van der Waals surface area contributed by atoms with Crippen LogP contribution in [0.3, 0.4) is 0 Å². The van der Waals surface area contributed by atoms with Crippen LogP contribution in [0.5, 0.6) is 0 Å². The first-order chi connectivity index (χ1) is 7.59. The maximum Gasteiger partial charge on any atom is 0.0611 e. The van der Waals surface area contributed by atoms with Crippen LogP contribution >= 0.6 is 0 Å². The molecule has 1 aliphatic heterocycles. The van der Waals surface area contributed by atoms with Crippen LogP contribution in [0.15, 0.2) is 0 Å². The Morgan fingerprint density at radius 2 is 2.38 bits per heavy atom. The van der Waals surface area contributed by atoms with Gasteiger partial charge in [-0.2, -0.15) is 0 Å².